The number of amides is 1. The van der Waals surface area contributed by atoms with Crippen molar-refractivity contribution in [3.8, 4) is 0 Å². The highest BCUT2D eigenvalue weighted by atomic mass is 16.2. The number of H-pyrrole nitrogens is 1. The van der Waals surface area contributed by atoms with Gasteiger partial charge in [-0.2, -0.15) is 0 Å². The van der Waals surface area contributed by atoms with Crippen LogP contribution in [0, 0.1) is 6.92 Å². The molecule has 0 atom stereocenters. The van der Waals surface area contributed by atoms with Crippen LogP contribution in [0.5, 0.6) is 0 Å². The van der Waals surface area contributed by atoms with Crippen LogP contribution in [0.15, 0.2) is 41.6 Å². The van der Waals surface area contributed by atoms with Crippen LogP contribution >= 0.6 is 0 Å². The summed E-state index contributed by atoms with van der Waals surface area (Å²) in [6, 6.07) is 5.12. The number of rotatable bonds is 3. The van der Waals surface area contributed by atoms with Gasteiger partial charge in [0.25, 0.3) is 5.91 Å². The molecule has 2 rings (SSSR count). The summed E-state index contributed by atoms with van der Waals surface area (Å²) in [5, 5.41) is 0. The number of aromatic amines is 1. The van der Waals surface area contributed by atoms with Crippen LogP contribution in [0.2, 0.25) is 0 Å². The van der Waals surface area contributed by atoms with E-state index in [0.29, 0.717) is 6.54 Å². The first-order valence-electron chi connectivity index (χ1n) is 5.91. The molecule has 0 radical (unpaired) electrons. The van der Waals surface area contributed by atoms with E-state index in [1.54, 1.807) is 26.4 Å². The predicted octanol–water partition coefficient (Wildman–Crippen LogP) is 1.35. The van der Waals surface area contributed by atoms with E-state index in [4.69, 9.17) is 0 Å². The second kappa shape index (κ2) is 5.48. The molecule has 98 valence electrons. The number of carbonyl (C=O) groups excluding carboxylic acids is 1. The van der Waals surface area contributed by atoms with Crippen LogP contribution in [0.1, 0.15) is 21.6 Å². The molecule has 2 aromatic heterocycles. The first-order chi connectivity index (χ1) is 9.08. The van der Waals surface area contributed by atoms with Crippen molar-refractivity contribution < 1.29 is 4.79 Å². The Hall–Kier alpha value is -2.43. The molecular weight excluding hydrogens is 242 g/mol. The minimum absolute atomic E-state index is 0.150. The zero-order chi connectivity index (χ0) is 13.8. The maximum atomic E-state index is 12.2. The summed E-state index contributed by atoms with van der Waals surface area (Å²) in [5.74, 6) is -0.301. The first-order valence-corrected chi connectivity index (χ1v) is 5.91. The lowest BCUT2D eigenvalue weighted by Gasteiger charge is -2.16. The SMILES string of the molecule is Cc1cc(=O)c(C(=O)N(C)Cc2cccnc2)c[nH]1. The van der Waals surface area contributed by atoms with Crippen molar-refractivity contribution in [2.75, 3.05) is 7.05 Å². The van der Waals surface area contributed by atoms with Crippen LogP contribution in [-0.2, 0) is 6.54 Å². The smallest absolute Gasteiger partial charge is 0.259 e. The van der Waals surface area contributed by atoms with Crippen molar-refractivity contribution in [2.45, 2.75) is 13.5 Å². The normalized spacial score (nSPS) is 10.2. The highest BCUT2D eigenvalue weighted by molar-refractivity contribution is 5.93. The van der Waals surface area contributed by atoms with Crippen molar-refractivity contribution >= 4 is 5.91 Å². The van der Waals surface area contributed by atoms with Crippen molar-refractivity contribution in [1.82, 2.24) is 14.9 Å². The summed E-state index contributed by atoms with van der Waals surface area (Å²) in [4.78, 5) is 32.3. The maximum absolute atomic E-state index is 12.2. The van der Waals surface area contributed by atoms with E-state index < -0.39 is 0 Å². The third kappa shape index (κ3) is 3.07. The standard InChI is InChI=1S/C14H15N3O2/c1-10-6-13(18)12(8-16-10)14(19)17(2)9-11-4-3-5-15-7-11/h3-8H,9H2,1-2H3,(H,16,18). The summed E-state index contributed by atoms with van der Waals surface area (Å²) < 4.78 is 0. The summed E-state index contributed by atoms with van der Waals surface area (Å²) in [6.07, 6.45) is 4.83. The van der Waals surface area contributed by atoms with Gasteiger partial charge in [-0.1, -0.05) is 6.07 Å². The molecule has 0 aliphatic carbocycles. The van der Waals surface area contributed by atoms with Crippen LogP contribution in [0.3, 0.4) is 0 Å². The van der Waals surface area contributed by atoms with Gasteiger partial charge in [-0.05, 0) is 18.6 Å². The van der Waals surface area contributed by atoms with E-state index in [2.05, 4.69) is 9.97 Å². The van der Waals surface area contributed by atoms with Gasteiger partial charge < -0.3 is 9.88 Å². The van der Waals surface area contributed by atoms with Crippen LogP contribution in [0.4, 0.5) is 0 Å². The molecule has 19 heavy (non-hydrogen) atoms. The summed E-state index contributed by atoms with van der Waals surface area (Å²) >= 11 is 0. The Morgan fingerprint density at radius 1 is 1.47 bits per heavy atom. The lowest BCUT2D eigenvalue weighted by molar-refractivity contribution is 0.0783. The Morgan fingerprint density at radius 3 is 2.89 bits per heavy atom. The summed E-state index contributed by atoms with van der Waals surface area (Å²) in [5.41, 5.74) is 1.54. The third-order valence-corrected chi connectivity index (χ3v) is 2.78. The number of hydrogen-bond acceptors (Lipinski definition) is 3. The zero-order valence-electron chi connectivity index (χ0n) is 10.9. The summed E-state index contributed by atoms with van der Waals surface area (Å²) in [7, 11) is 1.66. The van der Waals surface area contributed by atoms with E-state index in [1.807, 2.05) is 12.1 Å². The van der Waals surface area contributed by atoms with Gasteiger partial charge in [-0.3, -0.25) is 14.6 Å². The molecule has 0 unspecified atom stereocenters. The van der Waals surface area contributed by atoms with Crippen molar-refractivity contribution in [3.05, 3.63) is 63.8 Å². The number of pyridine rings is 2. The Labute approximate surface area is 110 Å². The molecule has 0 saturated carbocycles. The molecule has 1 amide bonds. The quantitative estimate of drug-likeness (QED) is 0.902. The van der Waals surface area contributed by atoms with Gasteiger partial charge in [-0.15, -0.1) is 0 Å². The highest BCUT2D eigenvalue weighted by Gasteiger charge is 2.15. The van der Waals surface area contributed by atoms with Gasteiger partial charge in [0.2, 0.25) is 0 Å². The predicted molar refractivity (Wildman–Crippen MR) is 71.8 cm³/mol. The average molecular weight is 257 g/mol. The average Bonchev–Trinajstić information content (AvgIpc) is 2.39. The molecule has 2 heterocycles. The molecule has 5 heteroatoms. The Bertz CT molecular complexity index is 635. The molecule has 2 aromatic rings. The van der Waals surface area contributed by atoms with Gasteiger partial charge >= 0.3 is 0 Å². The fourth-order valence-corrected chi connectivity index (χ4v) is 1.78. The molecule has 0 aromatic carbocycles. The van der Waals surface area contributed by atoms with E-state index in [9.17, 15) is 9.59 Å². The fraction of sp³-hybridized carbons (Fsp3) is 0.214. The molecule has 5 nitrogen and oxygen atoms in total. The topological polar surface area (TPSA) is 66.1 Å². The van der Waals surface area contributed by atoms with Crippen molar-refractivity contribution in [2.24, 2.45) is 0 Å². The van der Waals surface area contributed by atoms with Crippen molar-refractivity contribution in [1.29, 1.82) is 0 Å². The highest BCUT2D eigenvalue weighted by Crippen LogP contribution is 2.04. The molecular formula is C14H15N3O2. The molecule has 0 saturated heterocycles. The molecule has 1 N–H and O–H groups in total. The van der Waals surface area contributed by atoms with Crippen LogP contribution < -0.4 is 5.43 Å². The van der Waals surface area contributed by atoms with Gasteiger partial charge in [0.05, 0.1) is 0 Å². The van der Waals surface area contributed by atoms with E-state index in [0.717, 1.165) is 11.3 Å². The lowest BCUT2D eigenvalue weighted by Crippen LogP contribution is -2.30. The van der Waals surface area contributed by atoms with Gasteiger partial charge in [0.1, 0.15) is 5.56 Å². The van der Waals surface area contributed by atoms with Crippen LogP contribution in [-0.4, -0.2) is 27.8 Å². The molecule has 0 bridgehead atoms. The Kier molecular flexibility index (Phi) is 3.75. The minimum Gasteiger partial charge on any atom is -0.364 e. The van der Waals surface area contributed by atoms with Crippen LogP contribution in [0.25, 0.3) is 0 Å². The number of nitrogens with zero attached hydrogens (tertiary/aromatic N) is 2. The largest absolute Gasteiger partial charge is 0.364 e. The summed E-state index contributed by atoms with van der Waals surface area (Å²) in [6.45, 7) is 2.19. The number of carbonyl (C=O) groups is 1. The lowest BCUT2D eigenvalue weighted by atomic mass is 10.2. The van der Waals surface area contributed by atoms with Crippen molar-refractivity contribution in [3.63, 3.8) is 0 Å². The van der Waals surface area contributed by atoms with E-state index in [1.165, 1.54) is 17.2 Å². The molecule has 0 fully saturated rings. The Balaban J connectivity index is 2.17. The molecule has 0 aliphatic heterocycles. The van der Waals surface area contributed by atoms with Gasteiger partial charge in [-0.25, -0.2) is 0 Å². The first kappa shape index (κ1) is 13.0. The second-order valence-electron chi connectivity index (χ2n) is 4.42. The zero-order valence-corrected chi connectivity index (χ0v) is 10.9. The monoisotopic (exact) mass is 257 g/mol. The Morgan fingerprint density at radius 2 is 2.26 bits per heavy atom. The van der Waals surface area contributed by atoms with Gasteiger partial charge in [0, 0.05) is 43.9 Å². The number of aromatic nitrogens is 2. The third-order valence-electron chi connectivity index (χ3n) is 2.78. The fourth-order valence-electron chi connectivity index (χ4n) is 1.78. The van der Waals surface area contributed by atoms with Gasteiger partial charge in [0.15, 0.2) is 5.43 Å². The number of aryl methyl sites for hydroxylation is 1. The number of nitrogens with one attached hydrogen (secondary N) is 1. The molecule has 0 aliphatic rings. The second-order valence-corrected chi connectivity index (χ2v) is 4.42. The van der Waals surface area contributed by atoms with E-state index >= 15 is 0 Å². The molecule has 0 spiro atoms. The number of hydrogen-bond donors (Lipinski definition) is 1. The van der Waals surface area contributed by atoms with E-state index in [-0.39, 0.29) is 16.9 Å². The minimum atomic E-state index is -0.301. The maximum Gasteiger partial charge on any atom is 0.259 e.